The van der Waals surface area contributed by atoms with E-state index in [1.165, 1.54) is 45.1 Å². The highest BCUT2D eigenvalue weighted by atomic mass is 16.5. The Bertz CT molecular complexity index is 290. The first-order chi connectivity index (χ1) is 8.75. The summed E-state index contributed by atoms with van der Waals surface area (Å²) in [5, 5.41) is 0. The van der Waals surface area contributed by atoms with Gasteiger partial charge in [0, 0.05) is 30.7 Å². The maximum absolute atomic E-state index is 6.19. The van der Waals surface area contributed by atoms with E-state index in [0.29, 0.717) is 5.92 Å². The third-order valence-corrected chi connectivity index (χ3v) is 5.89. The summed E-state index contributed by atoms with van der Waals surface area (Å²) in [5.41, 5.74) is 6.37. The van der Waals surface area contributed by atoms with Crippen LogP contribution >= 0.6 is 0 Å². The lowest BCUT2D eigenvalue weighted by atomic mass is 9.79. The van der Waals surface area contributed by atoms with Gasteiger partial charge in [-0.3, -0.25) is 4.90 Å². The van der Waals surface area contributed by atoms with Gasteiger partial charge >= 0.3 is 0 Å². The quantitative estimate of drug-likeness (QED) is 0.835. The Morgan fingerprint density at radius 2 is 2.06 bits per heavy atom. The van der Waals surface area contributed by atoms with E-state index < -0.39 is 0 Å². The van der Waals surface area contributed by atoms with Crippen molar-refractivity contribution in [1.82, 2.24) is 4.90 Å². The molecule has 18 heavy (non-hydrogen) atoms. The van der Waals surface area contributed by atoms with Crippen molar-refractivity contribution in [2.24, 2.45) is 17.6 Å². The summed E-state index contributed by atoms with van der Waals surface area (Å²) in [6, 6.07) is 0.813. The molecule has 3 aliphatic rings. The van der Waals surface area contributed by atoms with Crippen LogP contribution in [-0.4, -0.2) is 42.8 Å². The molecule has 3 rings (SSSR count). The average molecular weight is 252 g/mol. The van der Waals surface area contributed by atoms with Crippen molar-refractivity contribution in [2.45, 2.75) is 57.0 Å². The molecule has 3 fully saturated rings. The Balaban J connectivity index is 1.78. The van der Waals surface area contributed by atoms with Crippen molar-refractivity contribution in [2.75, 3.05) is 26.3 Å². The smallest absolute Gasteiger partial charge is 0.0513 e. The molecule has 4 unspecified atom stereocenters. The molecule has 2 aliphatic heterocycles. The topological polar surface area (TPSA) is 38.5 Å². The second-order valence-corrected chi connectivity index (χ2v) is 6.72. The van der Waals surface area contributed by atoms with Crippen molar-refractivity contribution >= 4 is 0 Å². The Labute approximate surface area is 111 Å². The molecule has 0 radical (unpaired) electrons. The van der Waals surface area contributed by atoms with E-state index in [-0.39, 0.29) is 5.54 Å². The number of nitrogens with zero attached hydrogens (tertiary/aromatic N) is 1. The minimum Gasteiger partial charge on any atom is -0.381 e. The number of likely N-dealkylation sites (tertiary alicyclic amines) is 1. The lowest BCUT2D eigenvalue weighted by Gasteiger charge is -2.47. The fourth-order valence-corrected chi connectivity index (χ4v) is 4.58. The number of rotatable bonds is 3. The molecule has 2 N–H and O–H groups in total. The maximum atomic E-state index is 6.19. The molecule has 3 heteroatoms. The van der Waals surface area contributed by atoms with E-state index in [1.807, 2.05) is 0 Å². The summed E-state index contributed by atoms with van der Waals surface area (Å²) in [7, 11) is 0. The van der Waals surface area contributed by atoms with Crippen LogP contribution in [0.1, 0.15) is 45.4 Å². The number of hydrogen-bond acceptors (Lipinski definition) is 3. The summed E-state index contributed by atoms with van der Waals surface area (Å²) in [4.78, 5) is 2.77. The lowest BCUT2D eigenvalue weighted by molar-refractivity contribution is 0.0180. The molecular formula is C15H28N2O. The van der Waals surface area contributed by atoms with Gasteiger partial charge in [-0.2, -0.15) is 0 Å². The monoisotopic (exact) mass is 252 g/mol. The predicted molar refractivity (Wildman–Crippen MR) is 73.5 cm³/mol. The van der Waals surface area contributed by atoms with Gasteiger partial charge < -0.3 is 10.5 Å². The zero-order valence-electron chi connectivity index (χ0n) is 11.7. The third kappa shape index (κ3) is 2.00. The van der Waals surface area contributed by atoms with Crippen LogP contribution in [0, 0.1) is 11.8 Å². The largest absolute Gasteiger partial charge is 0.381 e. The SMILES string of the molecule is CC(CN)(C1CCOC1)N1CCC2CCCCC21. The summed E-state index contributed by atoms with van der Waals surface area (Å²) in [5.74, 6) is 1.59. The second-order valence-electron chi connectivity index (χ2n) is 6.72. The summed E-state index contributed by atoms with van der Waals surface area (Å²) < 4.78 is 5.62. The molecule has 0 aromatic carbocycles. The van der Waals surface area contributed by atoms with E-state index in [2.05, 4.69) is 11.8 Å². The minimum absolute atomic E-state index is 0.174. The van der Waals surface area contributed by atoms with Crippen molar-refractivity contribution in [1.29, 1.82) is 0 Å². The molecule has 0 aromatic rings. The molecule has 2 heterocycles. The van der Waals surface area contributed by atoms with Crippen LogP contribution in [0.4, 0.5) is 0 Å². The van der Waals surface area contributed by atoms with E-state index in [9.17, 15) is 0 Å². The average Bonchev–Trinajstić information content (AvgIpc) is 3.07. The number of ether oxygens (including phenoxy) is 1. The van der Waals surface area contributed by atoms with Gasteiger partial charge in [0.25, 0.3) is 0 Å². The van der Waals surface area contributed by atoms with E-state index in [1.54, 1.807) is 0 Å². The van der Waals surface area contributed by atoms with Crippen LogP contribution in [0.15, 0.2) is 0 Å². The van der Waals surface area contributed by atoms with Gasteiger partial charge in [0.2, 0.25) is 0 Å². The van der Waals surface area contributed by atoms with Crippen LogP contribution in [-0.2, 0) is 4.74 Å². The predicted octanol–water partition coefficient (Wildman–Crippen LogP) is 2.00. The minimum atomic E-state index is 0.174. The van der Waals surface area contributed by atoms with E-state index in [4.69, 9.17) is 10.5 Å². The van der Waals surface area contributed by atoms with Gasteiger partial charge in [-0.25, -0.2) is 0 Å². The van der Waals surface area contributed by atoms with Crippen LogP contribution in [0.2, 0.25) is 0 Å². The fourth-order valence-electron chi connectivity index (χ4n) is 4.58. The van der Waals surface area contributed by atoms with Gasteiger partial charge in [-0.15, -0.1) is 0 Å². The van der Waals surface area contributed by atoms with Gasteiger partial charge in [0.05, 0.1) is 6.61 Å². The summed E-state index contributed by atoms with van der Waals surface area (Å²) >= 11 is 0. The highest BCUT2D eigenvalue weighted by Gasteiger charge is 2.48. The second kappa shape index (κ2) is 5.10. The molecular weight excluding hydrogens is 224 g/mol. The number of fused-ring (bicyclic) bond motifs is 1. The van der Waals surface area contributed by atoms with Crippen LogP contribution in [0.25, 0.3) is 0 Å². The first kappa shape index (κ1) is 12.9. The van der Waals surface area contributed by atoms with E-state index >= 15 is 0 Å². The Morgan fingerprint density at radius 3 is 2.78 bits per heavy atom. The maximum Gasteiger partial charge on any atom is 0.0513 e. The van der Waals surface area contributed by atoms with Crippen molar-refractivity contribution in [3.8, 4) is 0 Å². The molecule has 1 saturated carbocycles. The number of nitrogens with two attached hydrogens (primary N) is 1. The van der Waals surface area contributed by atoms with Gasteiger partial charge in [0.15, 0.2) is 0 Å². The van der Waals surface area contributed by atoms with Crippen LogP contribution in [0.5, 0.6) is 0 Å². The molecule has 0 amide bonds. The highest BCUT2D eigenvalue weighted by Crippen LogP contribution is 2.43. The van der Waals surface area contributed by atoms with Gasteiger partial charge in [0.1, 0.15) is 0 Å². The van der Waals surface area contributed by atoms with E-state index in [0.717, 1.165) is 31.7 Å². The number of hydrogen-bond donors (Lipinski definition) is 1. The van der Waals surface area contributed by atoms with Crippen molar-refractivity contribution < 1.29 is 4.74 Å². The molecule has 1 aliphatic carbocycles. The van der Waals surface area contributed by atoms with Crippen molar-refractivity contribution in [3.63, 3.8) is 0 Å². The summed E-state index contributed by atoms with van der Waals surface area (Å²) in [6.45, 7) is 6.29. The van der Waals surface area contributed by atoms with Crippen LogP contribution in [0.3, 0.4) is 0 Å². The summed E-state index contributed by atoms with van der Waals surface area (Å²) in [6.07, 6.45) is 8.30. The lowest BCUT2D eigenvalue weighted by Crippen LogP contribution is -2.59. The standard InChI is InChI=1S/C15H28N2O/c1-15(11-16,13-7-9-18-10-13)17-8-6-12-4-2-3-5-14(12)17/h12-14H,2-11,16H2,1H3. The Morgan fingerprint density at radius 1 is 1.22 bits per heavy atom. The van der Waals surface area contributed by atoms with Gasteiger partial charge in [-0.1, -0.05) is 12.8 Å². The molecule has 0 aromatic heterocycles. The van der Waals surface area contributed by atoms with Gasteiger partial charge in [-0.05, 0) is 45.1 Å². The molecule has 3 nitrogen and oxygen atoms in total. The molecule has 0 bridgehead atoms. The first-order valence-electron chi connectivity index (χ1n) is 7.80. The molecule has 2 saturated heterocycles. The first-order valence-corrected chi connectivity index (χ1v) is 7.80. The van der Waals surface area contributed by atoms with Crippen molar-refractivity contribution in [3.05, 3.63) is 0 Å². The van der Waals surface area contributed by atoms with Crippen LogP contribution < -0.4 is 5.73 Å². The highest BCUT2D eigenvalue weighted by molar-refractivity contribution is 5.03. The Hall–Kier alpha value is -0.120. The zero-order valence-corrected chi connectivity index (χ0v) is 11.7. The normalized spacial score (nSPS) is 40.7. The third-order valence-electron chi connectivity index (χ3n) is 5.89. The molecule has 4 atom stereocenters. The Kier molecular flexibility index (Phi) is 3.65. The zero-order chi connectivity index (χ0) is 12.6. The molecule has 0 spiro atoms. The molecule has 104 valence electrons. The fraction of sp³-hybridized carbons (Fsp3) is 1.00.